The maximum Gasteiger partial charge on any atom is 0.256 e. The summed E-state index contributed by atoms with van der Waals surface area (Å²) in [6.07, 6.45) is -0.556. The van der Waals surface area contributed by atoms with Gasteiger partial charge in [0.05, 0.1) is 0 Å². The molecule has 134 valence electrons. The van der Waals surface area contributed by atoms with E-state index in [4.69, 9.17) is 10.5 Å². The predicted octanol–water partition coefficient (Wildman–Crippen LogP) is 3.00. The van der Waals surface area contributed by atoms with Crippen LogP contribution in [0.3, 0.4) is 0 Å². The van der Waals surface area contributed by atoms with Crippen molar-refractivity contribution in [2.24, 2.45) is 11.7 Å². The molecule has 5 heteroatoms. The number of benzene rings is 2. The lowest BCUT2D eigenvalue weighted by Crippen LogP contribution is -2.34. The van der Waals surface area contributed by atoms with Crippen LogP contribution in [0.4, 0.5) is 0 Å². The molecule has 1 fully saturated rings. The minimum Gasteiger partial charge on any atom is -0.367 e. The fraction of sp³-hybridized carbons (Fsp3) is 0.350. The third-order valence-corrected chi connectivity index (χ3v) is 4.85. The van der Waals surface area contributed by atoms with E-state index in [1.165, 1.54) is 5.56 Å². The number of ether oxygens (including phenoxy) is 1. The summed E-state index contributed by atoms with van der Waals surface area (Å²) in [7, 11) is 1.58. The van der Waals surface area contributed by atoms with Crippen LogP contribution in [0.15, 0.2) is 60.7 Å². The molecule has 0 bridgehead atoms. The van der Waals surface area contributed by atoms with Gasteiger partial charge < -0.3 is 15.4 Å². The van der Waals surface area contributed by atoms with Gasteiger partial charge in [-0.1, -0.05) is 60.7 Å². The number of hydrogen-bond acceptors (Lipinski definition) is 3. The molecule has 1 aliphatic rings. The van der Waals surface area contributed by atoms with Gasteiger partial charge in [0.25, 0.3) is 5.91 Å². The largest absolute Gasteiger partial charge is 0.367 e. The molecule has 4 nitrogen and oxygen atoms in total. The molecule has 2 N–H and O–H groups in total. The van der Waals surface area contributed by atoms with Crippen LogP contribution >= 0.6 is 12.4 Å². The minimum atomic E-state index is -0.556. The van der Waals surface area contributed by atoms with Gasteiger partial charge in [0.15, 0.2) is 6.10 Å². The maximum atomic E-state index is 13.0. The third-order valence-electron chi connectivity index (χ3n) is 4.85. The Balaban J connectivity index is 0.00000225. The van der Waals surface area contributed by atoms with Crippen LogP contribution in [0.1, 0.15) is 23.1 Å². The van der Waals surface area contributed by atoms with Crippen molar-refractivity contribution in [2.45, 2.75) is 12.0 Å². The molecule has 2 aromatic carbocycles. The van der Waals surface area contributed by atoms with Gasteiger partial charge in [-0.3, -0.25) is 4.79 Å². The summed E-state index contributed by atoms with van der Waals surface area (Å²) in [5.41, 5.74) is 8.11. The van der Waals surface area contributed by atoms with E-state index in [1.807, 2.05) is 53.4 Å². The Morgan fingerprint density at radius 1 is 1.12 bits per heavy atom. The molecular weight excluding hydrogens is 336 g/mol. The zero-order valence-corrected chi connectivity index (χ0v) is 15.2. The van der Waals surface area contributed by atoms with E-state index in [0.29, 0.717) is 19.6 Å². The SMILES string of the molecule is COC(C(=O)N1C[C@@H](CN)[C@H](c2ccccc2)C1)c1ccccc1.Cl. The third kappa shape index (κ3) is 4.21. The Bertz CT molecular complexity index is 666. The fourth-order valence-electron chi connectivity index (χ4n) is 3.54. The van der Waals surface area contributed by atoms with E-state index in [1.54, 1.807) is 7.11 Å². The molecule has 3 atom stereocenters. The Hall–Kier alpha value is -1.88. The fourth-order valence-corrected chi connectivity index (χ4v) is 3.54. The molecule has 0 radical (unpaired) electrons. The molecule has 25 heavy (non-hydrogen) atoms. The molecule has 1 saturated heterocycles. The number of rotatable bonds is 5. The first-order valence-electron chi connectivity index (χ1n) is 8.36. The van der Waals surface area contributed by atoms with E-state index >= 15 is 0 Å². The highest BCUT2D eigenvalue weighted by molar-refractivity contribution is 5.85. The summed E-state index contributed by atoms with van der Waals surface area (Å²) in [4.78, 5) is 14.9. The Morgan fingerprint density at radius 3 is 2.28 bits per heavy atom. The van der Waals surface area contributed by atoms with Crippen LogP contribution in [0.2, 0.25) is 0 Å². The zero-order valence-electron chi connectivity index (χ0n) is 14.4. The number of carbonyl (C=O) groups excluding carboxylic acids is 1. The van der Waals surface area contributed by atoms with E-state index < -0.39 is 6.10 Å². The van der Waals surface area contributed by atoms with Crippen LogP contribution < -0.4 is 5.73 Å². The highest BCUT2D eigenvalue weighted by atomic mass is 35.5. The van der Waals surface area contributed by atoms with Gasteiger partial charge in [-0.05, 0) is 23.6 Å². The topological polar surface area (TPSA) is 55.6 Å². The smallest absolute Gasteiger partial charge is 0.256 e. The highest BCUT2D eigenvalue weighted by Crippen LogP contribution is 2.34. The lowest BCUT2D eigenvalue weighted by atomic mass is 9.89. The molecular formula is C20H25ClN2O2. The van der Waals surface area contributed by atoms with E-state index in [2.05, 4.69) is 12.1 Å². The van der Waals surface area contributed by atoms with Crippen LogP contribution in [0.25, 0.3) is 0 Å². The normalized spacial score (nSPS) is 20.8. The number of hydrogen-bond donors (Lipinski definition) is 1. The van der Waals surface area contributed by atoms with Crippen LogP contribution in [-0.4, -0.2) is 37.6 Å². The summed E-state index contributed by atoms with van der Waals surface area (Å²) >= 11 is 0. The number of carbonyl (C=O) groups is 1. The molecule has 0 spiro atoms. The predicted molar refractivity (Wildman–Crippen MR) is 102 cm³/mol. The van der Waals surface area contributed by atoms with Gasteiger partial charge >= 0.3 is 0 Å². The Kier molecular flexibility index (Phi) is 7.00. The van der Waals surface area contributed by atoms with Crippen molar-refractivity contribution in [1.29, 1.82) is 0 Å². The summed E-state index contributed by atoms with van der Waals surface area (Å²) in [5.74, 6) is 0.582. The monoisotopic (exact) mass is 360 g/mol. The van der Waals surface area contributed by atoms with Crippen molar-refractivity contribution in [3.63, 3.8) is 0 Å². The molecule has 1 amide bonds. The van der Waals surface area contributed by atoms with E-state index in [-0.39, 0.29) is 30.2 Å². The van der Waals surface area contributed by atoms with Gasteiger partial charge in [0.1, 0.15) is 0 Å². The summed E-state index contributed by atoms with van der Waals surface area (Å²) in [6.45, 7) is 1.95. The Morgan fingerprint density at radius 2 is 1.72 bits per heavy atom. The first-order chi connectivity index (χ1) is 11.7. The standard InChI is InChI=1S/C20H24N2O2.ClH/c1-24-19(16-10-6-3-7-11-16)20(23)22-13-17(12-21)18(14-22)15-8-4-2-5-9-15;/h2-11,17-19H,12-14,21H2,1H3;1H/t17-,18+,19?;/m1./s1. The number of halogens is 1. The molecule has 2 aromatic rings. The first kappa shape index (κ1) is 19.4. The van der Waals surface area contributed by atoms with Crippen molar-refractivity contribution < 1.29 is 9.53 Å². The number of nitrogens with zero attached hydrogens (tertiary/aromatic N) is 1. The molecule has 1 aliphatic heterocycles. The average molecular weight is 361 g/mol. The second kappa shape index (κ2) is 8.99. The van der Waals surface area contributed by atoms with Gasteiger partial charge in [0, 0.05) is 26.1 Å². The van der Waals surface area contributed by atoms with Crippen molar-refractivity contribution in [2.75, 3.05) is 26.7 Å². The van der Waals surface area contributed by atoms with Crippen LogP contribution in [-0.2, 0) is 9.53 Å². The minimum absolute atomic E-state index is 0. The maximum absolute atomic E-state index is 13.0. The number of likely N-dealkylation sites (tertiary alicyclic amines) is 1. The number of methoxy groups -OCH3 is 1. The molecule has 0 aromatic heterocycles. The van der Waals surface area contributed by atoms with Crippen LogP contribution in [0, 0.1) is 5.92 Å². The molecule has 0 aliphatic carbocycles. The number of amides is 1. The van der Waals surface area contributed by atoms with E-state index in [9.17, 15) is 4.79 Å². The number of nitrogens with two attached hydrogens (primary N) is 1. The second-order valence-corrected chi connectivity index (χ2v) is 6.28. The lowest BCUT2D eigenvalue weighted by molar-refractivity contribution is -0.141. The van der Waals surface area contributed by atoms with Crippen molar-refractivity contribution >= 4 is 18.3 Å². The quantitative estimate of drug-likeness (QED) is 0.891. The van der Waals surface area contributed by atoms with Gasteiger partial charge in [0.2, 0.25) is 0 Å². The van der Waals surface area contributed by atoms with Crippen molar-refractivity contribution in [1.82, 2.24) is 4.90 Å². The van der Waals surface area contributed by atoms with E-state index in [0.717, 1.165) is 5.56 Å². The Labute approximate surface area is 155 Å². The van der Waals surface area contributed by atoms with Gasteiger partial charge in [-0.2, -0.15) is 0 Å². The molecule has 1 unspecified atom stereocenters. The second-order valence-electron chi connectivity index (χ2n) is 6.28. The van der Waals surface area contributed by atoms with Crippen LogP contribution in [0.5, 0.6) is 0 Å². The summed E-state index contributed by atoms with van der Waals surface area (Å²) in [5, 5.41) is 0. The highest BCUT2D eigenvalue weighted by Gasteiger charge is 2.37. The van der Waals surface area contributed by atoms with Gasteiger partial charge in [-0.25, -0.2) is 0 Å². The lowest BCUT2D eigenvalue weighted by Gasteiger charge is -2.23. The first-order valence-corrected chi connectivity index (χ1v) is 8.36. The zero-order chi connectivity index (χ0) is 16.9. The van der Waals surface area contributed by atoms with Crippen molar-refractivity contribution in [3.8, 4) is 0 Å². The van der Waals surface area contributed by atoms with Gasteiger partial charge in [-0.15, -0.1) is 12.4 Å². The molecule has 3 rings (SSSR count). The summed E-state index contributed by atoms with van der Waals surface area (Å²) in [6, 6.07) is 20.0. The molecule has 0 saturated carbocycles. The molecule has 1 heterocycles. The summed E-state index contributed by atoms with van der Waals surface area (Å²) < 4.78 is 5.50. The average Bonchev–Trinajstić information content (AvgIpc) is 3.08. The van der Waals surface area contributed by atoms with Crippen molar-refractivity contribution in [3.05, 3.63) is 71.8 Å².